The number of rotatable bonds is 7. The van der Waals surface area contributed by atoms with Crippen molar-refractivity contribution in [3.05, 3.63) is 27.8 Å². The summed E-state index contributed by atoms with van der Waals surface area (Å²) >= 11 is 2.26. The standard InChI is InChI=1S/C16H23IN2O/c1-12(2)9-10-19(15-7-8-15)11-16(20)18-14-5-3-13(17)4-6-14/h3-6,12,15H,7-11H2,1-2H3,(H,18,20). The number of amides is 1. The summed E-state index contributed by atoms with van der Waals surface area (Å²) in [6.07, 6.45) is 3.65. The van der Waals surface area contributed by atoms with E-state index in [4.69, 9.17) is 0 Å². The van der Waals surface area contributed by atoms with Crippen molar-refractivity contribution in [3.63, 3.8) is 0 Å². The first-order valence-corrected chi connectivity index (χ1v) is 8.42. The minimum atomic E-state index is 0.0989. The second-order valence-electron chi connectivity index (χ2n) is 5.94. The third-order valence-corrected chi connectivity index (χ3v) is 4.25. The molecule has 1 N–H and O–H groups in total. The van der Waals surface area contributed by atoms with Crippen molar-refractivity contribution in [1.82, 2.24) is 4.90 Å². The molecule has 0 saturated heterocycles. The van der Waals surface area contributed by atoms with Crippen LogP contribution in [0.2, 0.25) is 0 Å². The van der Waals surface area contributed by atoms with E-state index in [9.17, 15) is 4.79 Å². The molecule has 2 rings (SSSR count). The average molecular weight is 386 g/mol. The summed E-state index contributed by atoms with van der Waals surface area (Å²) in [5, 5.41) is 2.99. The van der Waals surface area contributed by atoms with E-state index in [1.807, 2.05) is 24.3 Å². The van der Waals surface area contributed by atoms with Gasteiger partial charge < -0.3 is 5.32 Å². The van der Waals surface area contributed by atoms with Crippen LogP contribution in [0.15, 0.2) is 24.3 Å². The van der Waals surface area contributed by atoms with Crippen molar-refractivity contribution in [2.75, 3.05) is 18.4 Å². The molecule has 1 amide bonds. The first-order chi connectivity index (χ1) is 9.54. The van der Waals surface area contributed by atoms with Crippen LogP contribution in [0.3, 0.4) is 0 Å². The van der Waals surface area contributed by atoms with Gasteiger partial charge in [-0.05, 0) is 78.6 Å². The molecule has 1 aliphatic carbocycles. The molecule has 0 unspecified atom stereocenters. The molecule has 3 nitrogen and oxygen atoms in total. The number of halogens is 1. The van der Waals surface area contributed by atoms with E-state index in [1.54, 1.807) is 0 Å². The van der Waals surface area contributed by atoms with Gasteiger partial charge in [0.1, 0.15) is 0 Å². The van der Waals surface area contributed by atoms with Crippen molar-refractivity contribution in [2.24, 2.45) is 5.92 Å². The molecule has 0 bridgehead atoms. The maximum atomic E-state index is 12.1. The average Bonchev–Trinajstić information content (AvgIpc) is 3.21. The lowest BCUT2D eigenvalue weighted by atomic mass is 10.1. The van der Waals surface area contributed by atoms with Crippen molar-refractivity contribution < 1.29 is 4.79 Å². The lowest BCUT2D eigenvalue weighted by Crippen LogP contribution is -2.36. The Kier molecular flexibility index (Phi) is 5.84. The van der Waals surface area contributed by atoms with E-state index < -0.39 is 0 Å². The number of nitrogens with zero attached hydrogens (tertiary/aromatic N) is 1. The maximum absolute atomic E-state index is 12.1. The number of hydrogen-bond donors (Lipinski definition) is 1. The maximum Gasteiger partial charge on any atom is 0.238 e. The van der Waals surface area contributed by atoms with E-state index in [0.717, 1.165) is 18.7 Å². The summed E-state index contributed by atoms with van der Waals surface area (Å²) in [7, 11) is 0. The highest BCUT2D eigenvalue weighted by Gasteiger charge is 2.29. The van der Waals surface area contributed by atoms with Crippen molar-refractivity contribution in [2.45, 2.75) is 39.2 Å². The first-order valence-electron chi connectivity index (χ1n) is 7.34. The largest absolute Gasteiger partial charge is 0.325 e. The summed E-state index contributed by atoms with van der Waals surface area (Å²) in [6.45, 7) is 6.01. The Morgan fingerprint density at radius 3 is 2.55 bits per heavy atom. The number of hydrogen-bond acceptors (Lipinski definition) is 2. The van der Waals surface area contributed by atoms with Crippen molar-refractivity contribution in [3.8, 4) is 0 Å². The summed E-state index contributed by atoms with van der Waals surface area (Å²) in [4.78, 5) is 14.5. The fourth-order valence-electron chi connectivity index (χ4n) is 2.17. The van der Waals surface area contributed by atoms with Gasteiger partial charge in [0.25, 0.3) is 0 Å². The Morgan fingerprint density at radius 2 is 2.00 bits per heavy atom. The quantitative estimate of drug-likeness (QED) is 0.725. The lowest BCUT2D eigenvalue weighted by Gasteiger charge is -2.22. The Labute approximate surface area is 135 Å². The second-order valence-corrected chi connectivity index (χ2v) is 7.18. The van der Waals surface area contributed by atoms with E-state index in [0.29, 0.717) is 18.5 Å². The van der Waals surface area contributed by atoms with Gasteiger partial charge in [-0.1, -0.05) is 13.8 Å². The van der Waals surface area contributed by atoms with Gasteiger partial charge in [-0.15, -0.1) is 0 Å². The van der Waals surface area contributed by atoms with Crippen LogP contribution in [0, 0.1) is 9.49 Å². The van der Waals surface area contributed by atoms with E-state index in [1.165, 1.54) is 16.4 Å². The normalized spacial score (nSPS) is 14.8. The highest BCUT2D eigenvalue weighted by Crippen LogP contribution is 2.27. The van der Waals surface area contributed by atoms with Gasteiger partial charge in [0.15, 0.2) is 0 Å². The number of carbonyl (C=O) groups is 1. The number of benzene rings is 1. The Balaban J connectivity index is 1.83. The van der Waals surface area contributed by atoms with Crippen molar-refractivity contribution >= 4 is 34.2 Å². The van der Waals surface area contributed by atoms with Crippen LogP contribution in [-0.2, 0) is 4.79 Å². The molecule has 4 heteroatoms. The molecule has 0 atom stereocenters. The predicted octanol–water partition coefficient (Wildman–Crippen LogP) is 3.74. The zero-order valence-electron chi connectivity index (χ0n) is 12.2. The fraction of sp³-hybridized carbons (Fsp3) is 0.562. The predicted molar refractivity (Wildman–Crippen MR) is 91.8 cm³/mol. The van der Waals surface area contributed by atoms with Crippen LogP contribution >= 0.6 is 22.6 Å². The lowest BCUT2D eigenvalue weighted by molar-refractivity contribution is -0.117. The zero-order valence-corrected chi connectivity index (χ0v) is 14.4. The number of nitrogens with one attached hydrogen (secondary N) is 1. The SMILES string of the molecule is CC(C)CCN(CC(=O)Nc1ccc(I)cc1)C1CC1. The monoisotopic (exact) mass is 386 g/mol. The fourth-order valence-corrected chi connectivity index (χ4v) is 2.53. The Hall–Kier alpha value is -0.620. The van der Waals surface area contributed by atoms with Crippen LogP contribution in [0.4, 0.5) is 5.69 Å². The van der Waals surface area contributed by atoms with Gasteiger partial charge in [-0.2, -0.15) is 0 Å². The van der Waals surface area contributed by atoms with Gasteiger partial charge in [0.05, 0.1) is 6.54 Å². The molecular weight excluding hydrogens is 363 g/mol. The molecule has 1 aliphatic rings. The van der Waals surface area contributed by atoms with Crippen LogP contribution in [0.25, 0.3) is 0 Å². The van der Waals surface area contributed by atoms with E-state index >= 15 is 0 Å². The van der Waals surface area contributed by atoms with Gasteiger partial charge in [0.2, 0.25) is 5.91 Å². The minimum absolute atomic E-state index is 0.0989. The molecule has 0 aromatic heterocycles. The molecule has 1 fully saturated rings. The highest BCUT2D eigenvalue weighted by atomic mass is 127. The van der Waals surface area contributed by atoms with Gasteiger partial charge in [0, 0.05) is 15.3 Å². The van der Waals surface area contributed by atoms with Crippen LogP contribution < -0.4 is 5.32 Å². The minimum Gasteiger partial charge on any atom is -0.325 e. The molecule has 1 saturated carbocycles. The molecule has 0 radical (unpaired) electrons. The Morgan fingerprint density at radius 1 is 1.35 bits per heavy atom. The van der Waals surface area contributed by atoms with E-state index in [2.05, 4.69) is 46.7 Å². The summed E-state index contributed by atoms with van der Waals surface area (Å²) in [6, 6.07) is 8.56. The molecule has 110 valence electrons. The summed E-state index contributed by atoms with van der Waals surface area (Å²) in [5.41, 5.74) is 0.884. The first kappa shape index (κ1) is 15.8. The molecule has 1 aromatic rings. The van der Waals surface area contributed by atoms with Crippen molar-refractivity contribution in [1.29, 1.82) is 0 Å². The summed E-state index contributed by atoms with van der Waals surface area (Å²) < 4.78 is 1.18. The van der Waals surface area contributed by atoms with Crippen LogP contribution in [0.1, 0.15) is 33.1 Å². The van der Waals surface area contributed by atoms with Gasteiger partial charge >= 0.3 is 0 Å². The summed E-state index contributed by atoms with van der Waals surface area (Å²) in [5.74, 6) is 0.789. The zero-order chi connectivity index (χ0) is 14.5. The Bertz CT molecular complexity index is 440. The number of anilines is 1. The second kappa shape index (κ2) is 7.41. The molecule has 0 heterocycles. The molecular formula is C16H23IN2O. The molecule has 20 heavy (non-hydrogen) atoms. The van der Waals surface area contributed by atoms with Crippen LogP contribution in [-0.4, -0.2) is 29.9 Å². The van der Waals surface area contributed by atoms with Gasteiger partial charge in [-0.25, -0.2) is 0 Å². The number of carbonyl (C=O) groups excluding carboxylic acids is 1. The highest BCUT2D eigenvalue weighted by molar-refractivity contribution is 14.1. The molecule has 0 spiro atoms. The molecule has 0 aliphatic heterocycles. The van der Waals surface area contributed by atoms with Crippen LogP contribution in [0.5, 0.6) is 0 Å². The van der Waals surface area contributed by atoms with E-state index in [-0.39, 0.29) is 5.91 Å². The van der Waals surface area contributed by atoms with Gasteiger partial charge in [-0.3, -0.25) is 9.69 Å². The topological polar surface area (TPSA) is 32.3 Å². The molecule has 1 aromatic carbocycles. The third kappa shape index (κ3) is 5.40. The smallest absolute Gasteiger partial charge is 0.238 e. The third-order valence-electron chi connectivity index (χ3n) is 3.53.